The average molecular weight is 284 g/mol. The molecule has 0 aliphatic carbocycles. The zero-order valence-corrected chi connectivity index (χ0v) is 10.6. The van der Waals surface area contributed by atoms with Crippen LogP contribution in [0.3, 0.4) is 0 Å². The van der Waals surface area contributed by atoms with Gasteiger partial charge in [0.25, 0.3) is 5.91 Å². The smallest absolute Gasteiger partial charge is 0.275 e. The number of nitrogens with one attached hydrogen (secondary N) is 2. The highest BCUT2D eigenvalue weighted by molar-refractivity contribution is 7.59. The van der Waals surface area contributed by atoms with Crippen LogP contribution in [0.2, 0.25) is 0 Å². The summed E-state index contributed by atoms with van der Waals surface area (Å²) in [6, 6.07) is 3.17. The van der Waals surface area contributed by atoms with Crippen LogP contribution in [0.15, 0.2) is 18.3 Å². The Morgan fingerprint density at radius 3 is 2.79 bits per heavy atom. The maximum Gasteiger partial charge on any atom is 0.275 e. The standard InChI is InChI=1S/C10H10N4O4.H2S/c15-4-12-10(17)7-8(16)6-5(2-1-3-11-6)9(13-7)14-18;/h1-3,15-16,18H,4H2,(H,12,17)(H,13,14);1H2. The molecule has 19 heavy (non-hydrogen) atoms. The van der Waals surface area contributed by atoms with Gasteiger partial charge in [-0.3, -0.25) is 20.5 Å². The fraction of sp³-hybridized carbons (Fsp3) is 0.100. The van der Waals surface area contributed by atoms with Gasteiger partial charge in [-0.2, -0.15) is 13.5 Å². The number of rotatable bonds is 3. The van der Waals surface area contributed by atoms with E-state index in [2.05, 4.69) is 15.3 Å². The number of aromatic hydroxyl groups is 1. The highest BCUT2D eigenvalue weighted by Crippen LogP contribution is 2.29. The monoisotopic (exact) mass is 284 g/mol. The third-order valence-electron chi connectivity index (χ3n) is 2.30. The molecule has 0 saturated heterocycles. The predicted octanol–water partition coefficient (Wildman–Crippen LogP) is -0.0711. The van der Waals surface area contributed by atoms with Gasteiger partial charge in [0.1, 0.15) is 12.2 Å². The summed E-state index contributed by atoms with van der Waals surface area (Å²) in [7, 11) is 0. The summed E-state index contributed by atoms with van der Waals surface area (Å²) < 4.78 is 0. The molecule has 0 aromatic carbocycles. The van der Waals surface area contributed by atoms with E-state index in [1.165, 1.54) is 6.20 Å². The summed E-state index contributed by atoms with van der Waals surface area (Å²) in [4.78, 5) is 19.2. The number of hydrogen-bond acceptors (Lipinski definition) is 7. The van der Waals surface area contributed by atoms with Gasteiger partial charge in [-0.05, 0) is 12.1 Å². The maximum absolute atomic E-state index is 11.5. The van der Waals surface area contributed by atoms with E-state index in [1.54, 1.807) is 12.1 Å². The second-order valence-corrected chi connectivity index (χ2v) is 3.33. The molecule has 2 heterocycles. The zero-order valence-electron chi connectivity index (χ0n) is 9.58. The van der Waals surface area contributed by atoms with Gasteiger partial charge >= 0.3 is 0 Å². The molecule has 102 valence electrons. The molecular formula is C10H12N4O4S. The predicted molar refractivity (Wildman–Crippen MR) is 71.5 cm³/mol. The van der Waals surface area contributed by atoms with Crippen LogP contribution in [0.1, 0.15) is 10.5 Å². The van der Waals surface area contributed by atoms with Crippen molar-refractivity contribution in [3.8, 4) is 5.75 Å². The lowest BCUT2D eigenvalue weighted by Gasteiger charge is -2.09. The first-order chi connectivity index (χ1) is 8.69. The Balaban J connectivity index is 0.00000180. The molecule has 0 aliphatic rings. The van der Waals surface area contributed by atoms with Gasteiger partial charge in [0.05, 0.1) is 0 Å². The van der Waals surface area contributed by atoms with Crippen LogP contribution in [-0.4, -0.2) is 38.0 Å². The molecule has 0 bridgehead atoms. The molecule has 5 N–H and O–H groups in total. The van der Waals surface area contributed by atoms with Crippen molar-refractivity contribution >= 4 is 36.1 Å². The molecule has 9 heteroatoms. The molecule has 2 aromatic rings. The second kappa shape index (κ2) is 6.18. The Hall–Kier alpha value is -2.10. The number of aromatic nitrogens is 2. The summed E-state index contributed by atoms with van der Waals surface area (Å²) in [5.74, 6) is -1.21. The summed E-state index contributed by atoms with van der Waals surface area (Å²) >= 11 is 0. The summed E-state index contributed by atoms with van der Waals surface area (Å²) in [6.07, 6.45) is 1.43. The van der Waals surface area contributed by atoms with Crippen LogP contribution in [0, 0.1) is 0 Å². The topological polar surface area (TPSA) is 128 Å². The zero-order chi connectivity index (χ0) is 13.1. The quantitative estimate of drug-likeness (QED) is 0.394. The Morgan fingerprint density at radius 2 is 2.16 bits per heavy atom. The number of nitrogens with zero attached hydrogens (tertiary/aromatic N) is 2. The van der Waals surface area contributed by atoms with Crippen LogP contribution < -0.4 is 10.8 Å². The molecule has 1 amide bonds. The van der Waals surface area contributed by atoms with Crippen molar-refractivity contribution in [2.24, 2.45) is 0 Å². The van der Waals surface area contributed by atoms with Crippen molar-refractivity contribution in [2.75, 3.05) is 12.2 Å². The van der Waals surface area contributed by atoms with Crippen molar-refractivity contribution in [1.29, 1.82) is 0 Å². The Bertz CT molecular complexity index is 607. The lowest BCUT2D eigenvalue weighted by Crippen LogP contribution is -2.25. The summed E-state index contributed by atoms with van der Waals surface area (Å²) in [6.45, 7) is -0.595. The molecule has 0 spiro atoms. The Morgan fingerprint density at radius 1 is 1.42 bits per heavy atom. The number of fused-ring (bicyclic) bond motifs is 1. The Labute approximate surface area is 114 Å². The lowest BCUT2D eigenvalue weighted by atomic mass is 10.2. The van der Waals surface area contributed by atoms with Crippen molar-refractivity contribution in [3.63, 3.8) is 0 Å². The highest BCUT2D eigenvalue weighted by Gasteiger charge is 2.19. The van der Waals surface area contributed by atoms with Crippen LogP contribution in [-0.2, 0) is 0 Å². The number of hydrogen-bond donors (Lipinski definition) is 5. The van der Waals surface area contributed by atoms with E-state index in [0.717, 1.165) is 0 Å². The third kappa shape index (κ3) is 2.67. The number of aliphatic hydroxyl groups excluding tert-OH is 1. The molecular weight excluding hydrogens is 272 g/mol. The summed E-state index contributed by atoms with van der Waals surface area (Å²) in [5.41, 5.74) is 1.61. The molecule has 2 rings (SSSR count). The molecule has 0 radical (unpaired) electrons. The van der Waals surface area contributed by atoms with Gasteiger partial charge in [-0.25, -0.2) is 4.98 Å². The van der Waals surface area contributed by atoms with Crippen LogP contribution in [0.5, 0.6) is 5.75 Å². The van der Waals surface area contributed by atoms with E-state index in [-0.39, 0.29) is 30.5 Å². The first kappa shape index (κ1) is 15.0. The molecule has 2 aromatic heterocycles. The van der Waals surface area contributed by atoms with Gasteiger partial charge in [-0.15, -0.1) is 0 Å². The summed E-state index contributed by atoms with van der Waals surface area (Å²) in [5, 5.41) is 29.9. The number of aliphatic hydroxyl groups is 1. The van der Waals surface area contributed by atoms with E-state index >= 15 is 0 Å². The van der Waals surface area contributed by atoms with E-state index < -0.39 is 18.4 Å². The minimum absolute atomic E-state index is 0. The van der Waals surface area contributed by atoms with Gasteiger partial charge in [0.15, 0.2) is 17.3 Å². The number of pyridine rings is 2. The van der Waals surface area contributed by atoms with E-state index in [4.69, 9.17) is 10.3 Å². The first-order valence-corrected chi connectivity index (χ1v) is 4.96. The maximum atomic E-state index is 11.5. The molecule has 0 unspecified atom stereocenters. The van der Waals surface area contributed by atoms with Crippen molar-refractivity contribution in [1.82, 2.24) is 15.3 Å². The highest BCUT2D eigenvalue weighted by atomic mass is 32.1. The van der Waals surface area contributed by atoms with Crippen LogP contribution in [0.4, 0.5) is 5.82 Å². The number of anilines is 1. The largest absolute Gasteiger partial charge is 0.504 e. The SMILES string of the molecule is O=C(NCO)c1nc(NO)c2cccnc2c1O.S. The van der Waals surface area contributed by atoms with Gasteiger partial charge < -0.3 is 15.5 Å². The fourth-order valence-electron chi connectivity index (χ4n) is 1.52. The van der Waals surface area contributed by atoms with E-state index in [0.29, 0.717) is 5.39 Å². The van der Waals surface area contributed by atoms with Crippen molar-refractivity contribution in [2.45, 2.75) is 0 Å². The fourth-order valence-corrected chi connectivity index (χ4v) is 1.52. The Kier molecular flexibility index (Phi) is 4.87. The normalized spacial score (nSPS) is 9.79. The number of amides is 1. The van der Waals surface area contributed by atoms with Crippen molar-refractivity contribution < 1.29 is 20.2 Å². The van der Waals surface area contributed by atoms with Crippen molar-refractivity contribution in [3.05, 3.63) is 24.0 Å². The van der Waals surface area contributed by atoms with Gasteiger partial charge in [0.2, 0.25) is 0 Å². The number of carbonyl (C=O) groups is 1. The molecule has 0 saturated carbocycles. The van der Waals surface area contributed by atoms with Gasteiger partial charge in [0, 0.05) is 11.6 Å². The van der Waals surface area contributed by atoms with E-state index in [9.17, 15) is 9.90 Å². The first-order valence-electron chi connectivity index (χ1n) is 4.96. The minimum atomic E-state index is -0.779. The third-order valence-corrected chi connectivity index (χ3v) is 2.30. The molecule has 8 nitrogen and oxygen atoms in total. The van der Waals surface area contributed by atoms with Crippen LogP contribution in [0.25, 0.3) is 10.9 Å². The molecule has 0 aliphatic heterocycles. The van der Waals surface area contributed by atoms with E-state index in [1.807, 2.05) is 5.48 Å². The molecule has 0 atom stereocenters. The second-order valence-electron chi connectivity index (χ2n) is 3.33. The average Bonchev–Trinajstić information content (AvgIpc) is 2.40. The van der Waals surface area contributed by atoms with Crippen LogP contribution >= 0.6 is 13.5 Å². The lowest BCUT2D eigenvalue weighted by molar-refractivity contribution is 0.0902. The molecule has 0 fully saturated rings. The number of carbonyl (C=O) groups excluding carboxylic acids is 1. The minimum Gasteiger partial charge on any atom is -0.504 e. The van der Waals surface area contributed by atoms with Gasteiger partial charge in [-0.1, -0.05) is 0 Å².